The van der Waals surface area contributed by atoms with Gasteiger partial charge >= 0.3 is 0 Å². The molecule has 0 heterocycles. The third-order valence-electron chi connectivity index (χ3n) is 3.57. The number of Topliss-reactive ketones (excluding diaryl/α,β-unsaturated/α-hetero) is 1. The van der Waals surface area contributed by atoms with E-state index < -0.39 is 0 Å². The minimum atomic E-state index is -0.376. The number of rotatable bonds is 7. The molecule has 0 atom stereocenters. The molecule has 0 aliphatic heterocycles. The van der Waals surface area contributed by atoms with Gasteiger partial charge in [-0.05, 0) is 59.2 Å². The molecule has 4 heteroatoms. The Morgan fingerprint density at radius 2 is 1.81 bits per heavy atom. The fourth-order valence-corrected chi connectivity index (χ4v) is 2.42. The van der Waals surface area contributed by atoms with Crippen molar-refractivity contribution in [1.82, 2.24) is 4.90 Å². The summed E-state index contributed by atoms with van der Waals surface area (Å²) in [5.74, 6) is -0.0964. The molecule has 3 nitrogen and oxygen atoms in total. The number of hydrogen-bond acceptors (Lipinski definition) is 3. The molecule has 0 aliphatic carbocycles. The number of nitrogens with zero attached hydrogens (tertiary/aromatic N) is 1. The lowest BCUT2D eigenvalue weighted by Crippen LogP contribution is -2.39. The number of halogens is 1. The molecular formula is C17H26FNO2. The Morgan fingerprint density at radius 1 is 1.24 bits per heavy atom. The molecular weight excluding hydrogens is 269 g/mol. The molecule has 21 heavy (non-hydrogen) atoms. The molecule has 0 amide bonds. The van der Waals surface area contributed by atoms with Gasteiger partial charge in [0.15, 0.2) is 5.78 Å². The second-order valence-corrected chi connectivity index (χ2v) is 5.93. The van der Waals surface area contributed by atoms with Crippen molar-refractivity contribution in [3.05, 3.63) is 29.1 Å². The van der Waals surface area contributed by atoms with Crippen LogP contribution in [0.2, 0.25) is 0 Å². The van der Waals surface area contributed by atoms with E-state index in [-0.39, 0.29) is 11.6 Å². The molecule has 118 valence electrons. The quantitative estimate of drug-likeness (QED) is 0.716. The maximum absolute atomic E-state index is 13.6. The number of ether oxygens (including phenoxy) is 1. The molecule has 0 fully saturated rings. The van der Waals surface area contributed by atoms with E-state index >= 15 is 0 Å². The topological polar surface area (TPSA) is 29.5 Å². The van der Waals surface area contributed by atoms with E-state index in [1.807, 2.05) is 0 Å². The Labute approximate surface area is 127 Å². The van der Waals surface area contributed by atoms with Gasteiger partial charge in [0, 0.05) is 18.6 Å². The smallest absolute Gasteiger partial charge is 0.163 e. The summed E-state index contributed by atoms with van der Waals surface area (Å²) in [6, 6.07) is 3.71. The maximum Gasteiger partial charge on any atom is 0.163 e. The van der Waals surface area contributed by atoms with Crippen molar-refractivity contribution in [2.45, 2.75) is 53.6 Å². The molecule has 1 aromatic carbocycles. The third kappa shape index (κ3) is 4.81. The molecule has 0 spiro atoms. The Bertz CT molecular complexity index is 490. The molecule has 0 saturated carbocycles. The van der Waals surface area contributed by atoms with Crippen molar-refractivity contribution in [2.24, 2.45) is 0 Å². The maximum atomic E-state index is 13.6. The highest BCUT2D eigenvalue weighted by atomic mass is 19.1. The molecule has 0 unspecified atom stereocenters. The van der Waals surface area contributed by atoms with Crippen LogP contribution in [0.1, 0.15) is 50.5 Å². The fourth-order valence-electron chi connectivity index (χ4n) is 2.42. The summed E-state index contributed by atoms with van der Waals surface area (Å²) in [6.45, 7) is 12.9. The predicted octanol–water partition coefficient (Wildman–Crippen LogP) is 3.83. The largest absolute Gasteiger partial charge is 0.491 e. The first kappa shape index (κ1) is 17.6. The van der Waals surface area contributed by atoms with E-state index in [4.69, 9.17) is 4.74 Å². The number of carbonyl (C=O) groups excluding carboxylic acids is 1. The Kier molecular flexibility index (Phi) is 6.34. The summed E-state index contributed by atoms with van der Waals surface area (Å²) in [5, 5.41) is 0. The van der Waals surface area contributed by atoms with E-state index in [0.717, 1.165) is 6.54 Å². The Morgan fingerprint density at radius 3 is 2.29 bits per heavy atom. The average molecular weight is 295 g/mol. The van der Waals surface area contributed by atoms with Crippen molar-refractivity contribution < 1.29 is 13.9 Å². The van der Waals surface area contributed by atoms with E-state index in [9.17, 15) is 9.18 Å². The van der Waals surface area contributed by atoms with Crippen LogP contribution in [0.25, 0.3) is 0 Å². The van der Waals surface area contributed by atoms with Crippen molar-refractivity contribution >= 4 is 5.78 Å². The first-order chi connectivity index (χ1) is 9.73. The first-order valence-corrected chi connectivity index (χ1v) is 7.43. The number of ketones is 1. The van der Waals surface area contributed by atoms with Gasteiger partial charge in [-0.25, -0.2) is 4.39 Å². The van der Waals surface area contributed by atoms with E-state index in [0.29, 0.717) is 35.6 Å². The molecule has 0 N–H and O–H groups in total. The predicted molar refractivity (Wildman–Crippen MR) is 83.6 cm³/mol. The summed E-state index contributed by atoms with van der Waals surface area (Å²) in [6.07, 6.45) is 0. The highest BCUT2D eigenvalue weighted by molar-refractivity contribution is 5.96. The van der Waals surface area contributed by atoms with Gasteiger partial charge in [0.25, 0.3) is 0 Å². The molecule has 1 rings (SSSR count). The van der Waals surface area contributed by atoms with Gasteiger partial charge < -0.3 is 4.74 Å². The standard InChI is InChI=1S/C17H26FNO2/c1-11(2)19(12(3)4)7-8-21-17-9-13(5)16(18)10-15(17)14(6)20/h9-12H,7-8H2,1-6H3. The highest BCUT2D eigenvalue weighted by Gasteiger charge is 2.15. The third-order valence-corrected chi connectivity index (χ3v) is 3.57. The zero-order valence-corrected chi connectivity index (χ0v) is 13.9. The Hall–Kier alpha value is -1.42. The molecule has 0 radical (unpaired) electrons. The van der Waals surface area contributed by atoms with Crippen LogP contribution in [0.4, 0.5) is 4.39 Å². The molecule has 0 bridgehead atoms. The normalized spacial score (nSPS) is 11.5. The van der Waals surface area contributed by atoms with Crippen LogP contribution >= 0.6 is 0 Å². The highest BCUT2D eigenvalue weighted by Crippen LogP contribution is 2.23. The van der Waals surface area contributed by atoms with Crippen molar-refractivity contribution in [1.29, 1.82) is 0 Å². The summed E-state index contributed by atoms with van der Waals surface area (Å²) in [7, 11) is 0. The second-order valence-electron chi connectivity index (χ2n) is 5.93. The molecule has 0 saturated heterocycles. The van der Waals surface area contributed by atoms with Crippen LogP contribution in [0.5, 0.6) is 5.75 Å². The van der Waals surface area contributed by atoms with Crippen LogP contribution in [-0.2, 0) is 0 Å². The van der Waals surface area contributed by atoms with Crippen LogP contribution in [0.15, 0.2) is 12.1 Å². The number of aryl methyl sites for hydroxylation is 1. The summed E-state index contributed by atoms with van der Waals surface area (Å²) < 4.78 is 19.3. The molecule has 1 aromatic rings. The van der Waals surface area contributed by atoms with Crippen LogP contribution in [0.3, 0.4) is 0 Å². The van der Waals surface area contributed by atoms with E-state index in [2.05, 4.69) is 32.6 Å². The Balaban J connectivity index is 2.79. The first-order valence-electron chi connectivity index (χ1n) is 7.43. The fraction of sp³-hybridized carbons (Fsp3) is 0.588. The number of benzene rings is 1. The summed E-state index contributed by atoms with van der Waals surface area (Å²) >= 11 is 0. The molecule has 0 aliphatic rings. The van der Waals surface area contributed by atoms with Crippen molar-refractivity contribution in [3.8, 4) is 5.75 Å². The lowest BCUT2D eigenvalue weighted by Gasteiger charge is -2.30. The van der Waals surface area contributed by atoms with Gasteiger partial charge in [-0.1, -0.05) is 0 Å². The number of carbonyl (C=O) groups is 1. The number of hydrogen-bond donors (Lipinski definition) is 0. The van der Waals surface area contributed by atoms with E-state index in [1.165, 1.54) is 13.0 Å². The molecule has 0 aromatic heterocycles. The lowest BCUT2D eigenvalue weighted by atomic mass is 10.1. The van der Waals surface area contributed by atoms with Gasteiger partial charge in [-0.3, -0.25) is 9.69 Å². The van der Waals surface area contributed by atoms with Gasteiger partial charge in [0.05, 0.1) is 5.56 Å². The lowest BCUT2D eigenvalue weighted by molar-refractivity contribution is 0.100. The van der Waals surface area contributed by atoms with Gasteiger partial charge in [-0.15, -0.1) is 0 Å². The zero-order valence-electron chi connectivity index (χ0n) is 13.9. The SMILES string of the molecule is CC(=O)c1cc(F)c(C)cc1OCCN(C(C)C)C(C)C. The van der Waals surface area contributed by atoms with Gasteiger partial charge in [-0.2, -0.15) is 0 Å². The van der Waals surface area contributed by atoms with E-state index in [1.54, 1.807) is 13.0 Å². The van der Waals surface area contributed by atoms with Crippen molar-refractivity contribution in [3.63, 3.8) is 0 Å². The monoisotopic (exact) mass is 295 g/mol. The zero-order chi connectivity index (χ0) is 16.2. The van der Waals surface area contributed by atoms with Crippen molar-refractivity contribution in [2.75, 3.05) is 13.2 Å². The van der Waals surface area contributed by atoms with Gasteiger partial charge in [0.2, 0.25) is 0 Å². The van der Waals surface area contributed by atoms with Crippen LogP contribution in [0, 0.1) is 12.7 Å². The van der Waals surface area contributed by atoms with Gasteiger partial charge in [0.1, 0.15) is 18.2 Å². The minimum Gasteiger partial charge on any atom is -0.491 e. The summed E-state index contributed by atoms with van der Waals surface area (Å²) in [5.41, 5.74) is 0.790. The average Bonchev–Trinajstić information content (AvgIpc) is 2.36. The second kappa shape index (κ2) is 7.55. The van der Waals surface area contributed by atoms with Crippen LogP contribution in [-0.4, -0.2) is 35.9 Å². The summed E-state index contributed by atoms with van der Waals surface area (Å²) in [4.78, 5) is 13.9. The van der Waals surface area contributed by atoms with Crippen LogP contribution < -0.4 is 4.74 Å². The minimum absolute atomic E-state index is 0.187.